The third kappa shape index (κ3) is 2.22. The molecular formula is C12H18N4O4. The number of aliphatic hydroxyl groups is 1. The summed E-state index contributed by atoms with van der Waals surface area (Å²) in [4.78, 5) is 28.3. The van der Waals surface area contributed by atoms with Crippen molar-refractivity contribution < 1.29 is 19.8 Å². The predicted octanol–water partition coefficient (Wildman–Crippen LogP) is -1.53. The van der Waals surface area contributed by atoms with Crippen molar-refractivity contribution in [2.45, 2.75) is 25.5 Å². The van der Waals surface area contributed by atoms with Crippen LogP contribution in [0.25, 0.3) is 0 Å². The number of amides is 1. The maximum Gasteiger partial charge on any atom is 0.354 e. The van der Waals surface area contributed by atoms with Gasteiger partial charge in [0.2, 0.25) is 5.91 Å². The molecule has 1 saturated heterocycles. The molecule has 1 fully saturated rings. The maximum atomic E-state index is 11.9. The van der Waals surface area contributed by atoms with Crippen LogP contribution in [0.15, 0.2) is 16.4 Å². The van der Waals surface area contributed by atoms with E-state index in [4.69, 9.17) is 5.73 Å². The number of aliphatic imine (C=N–C) groups is 1. The minimum Gasteiger partial charge on any atom is -0.477 e. The van der Waals surface area contributed by atoms with Crippen molar-refractivity contribution in [3.63, 3.8) is 0 Å². The highest BCUT2D eigenvalue weighted by Gasteiger charge is 2.56. The molecule has 0 unspecified atom stereocenters. The first-order valence-electron chi connectivity index (χ1n) is 6.40. The number of carboxylic acids is 1. The van der Waals surface area contributed by atoms with E-state index in [0.717, 1.165) is 0 Å². The number of nitrogens with two attached hydrogens (primary N) is 1. The molecule has 8 heteroatoms. The Hall–Kier alpha value is -2.09. The lowest BCUT2D eigenvalue weighted by atomic mass is 9.83. The number of fused-ring (bicyclic) bond motifs is 1. The number of aliphatic carboxylic acids is 1. The first-order chi connectivity index (χ1) is 9.49. The second-order valence-corrected chi connectivity index (χ2v) is 4.86. The van der Waals surface area contributed by atoms with Gasteiger partial charge in [0.15, 0.2) is 0 Å². The molecule has 0 bridgehead atoms. The fraction of sp³-hybridized carbons (Fsp3) is 0.583. The van der Waals surface area contributed by atoms with E-state index in [1.165, 1.54) is 11.2 Å². The number of nitrogens with zero attached hydrogens (tertiary/aromatic N) is 2. The summed E-state index contributed by atoms with van der Waals surface area (Å²) in [5, 5.41) is 21.8. The van der Waals surface area contributed by atoms with E-state index in [1.54, 1.807) is 6.92 Å². The van der Waals surface area contributed by atoms with Crippen molar-refractivity contribution in [3.05, 3.63) is 11.4 Å². The van der Waals surface area contributed by atoms with Gasteiger partial charge in [0.1, 0.15) is 5.70 Å². The Kier molecular flexibility index (Phi) is 3.93. The lowest BCUT2D eigenvalue weighted by Crippen LogP contribution is -2.61. The molecular weight excluding hydrogens is 264 g/mol. The summed E-state index contributed by atoms with van der Waals surface area (Å²) >= 11 is 0. The highest BCUT2D eigenvalue weighted by molar-refractivity contribution is 5.99. The van der Waals surface area contributed by atoms with Crippen LogP contribution < -0.4 is 11.1 Å². The number of β-lactam (4-membered cyclic amide) rings is 1. The number of hydrogen-bond donors (Lipinski definition) is 4. The van der Waals surface area contributed by atoms with Gasteiger partial charge in [-0.05, 0) is 6.92 Å². The van der Waals surface area contributed by atoms with Gasteiger partial charge in [-0.25, -0.2) is 4.79 Å². The summed E-state index contributed by atoms with van der Waals surface area (Å²) in [5.74, 6) is -2.00. The SMILES string of the molecule is C[C@@H](O)[C@@H]1C(=O)N2C(C(=O)O)=C(NCCN=CN)C[C@H]12. The van der Waals surface area contributed by atoms with E-state index in [2.05, 4.69) is 10.3 Å². The second-order valence-electron chi connectivity index (χ2n) is 4.86. The maximum absolute atomic E-state index is 11.9. The van der Waals surface area contributed by atoms with Crippen LogP contribution in [0, 0.1) is 5.92 Å². The number of carbonyl (C=O) groups is 2. The molecule has 20 heavy (non-hydrogen) atoms. The van der Waals surface area contributed by atoms with Crippen molar-refractivity contribution in [2.24, 2.45) is 16.6 Å². The van der Waals surface area contributed by atoms with Crippen molar-refractivity contribution in [3.8, 4) is 0 Å². The van der Waals surface area contributed by atoms with E-state index < -0.39 is 18.0 Å². The molecule has 5 N–H and O–H groups in total. The van der Waals surface area contributed by atoms with Gasteiger partial charge in [-0.15, -0.1) is 0 Å². The molecule has 0 aromatic heterocycles. The molecule has 0 spiro atoms. The van der Waals surface area contributed by atoms with E-state index >= 15 is 0 Å². The Labute approximate surface area is 116 Å². The van der Waals surface area contributed by atoms with Crippen LogP contribution in [-0.4, -0.2) is 58.6 Å². The Balaban J connectivity index is 2.11. The van der Waals surface area contributed by atoms with E-state index in [0.29, 0.717) is 25.2 Å². The molecule has 110 valence electrons. The van der Waals surface area contributed by atoms with Crippen LogP contribution in [0.2, 0.25) is 0 Å². The average molecular weight is 282 g/mol. The zero-order valence-corrected chi connectivity index (χ0v) is 11.1. The summed E-state index contributed by atoms with van der Waals surface area (Å²) in [6, 6.07) is -0.269. The summed E-state index contributed by atoms with van der Waals surface area (Å²) in [5.41, 5.74) is 5.60. The highest BCUT2D eigenvalue weighted by Crippen LogP contribution is 2.42. The largest absolute Gasteiger partial charge is 0.477 e. The molecule has 1 amide bonds. The highest BCUT2D eigenvalue weighted by atomic mass is 16.4. The number of carboxylic acid groups (broad SMARTS) is 1. The predicted molar refractivity (Wildman–Crippen MR) is 70.6 cm³/mol. The monoisotopic (exact) mass is 282 g/mol. The zero-order chi connectivity index (χ0) is 14.9. The van der Waals surface area contributed by atoms with Gasteiger partial charge in [-0.1, -0.05) is 0 Å². The van der Waals surface area contributed by atoms with Crippen LogP contribution in [0.5, 0.6) is 0 Å². The lowest BCUT2D eigenvalue weighted by Gasteiger charge is -2.44. The Morgan fingerprint density at radius 1 is 1.70 bits per heavy atom. The molecule has 0 aliphatic carbocycles. The van der Waals surface area contributed by atoms with Gasteiger partial charge in [0.05, 0.1) is 30.9 Å². The molecule has 0 aromatic rings. The number of hydrogen-bond acceptors (Lipinski definition) is 5. The fourth-order valence-corrected chi connectivity index (χ4v) is 2.77. The van der Waals surface area contributed by atoms with Gasteiger partial charge in [-0.3, -0.25) is 14.7 Å². The van der Waals surface area contributed by atoms with Crippen LogP contribution in [0.4, 0.5) is 0 Å². The Bertz CT molecular complexity index is 486. The normalized spacial score (nSPS) is 26.7. The molecule has 2 heterocycles. The minimum atomic E-state index is -1.14. The lowest BCUT2D eigenvalue weighted by molar-refractivity contribution is -0.161. The second kappa shape index (κ2) is 5.49. The number of carbonyl (C=O) groups excluding carboxylic acids is 1. The van der Waals surface area contributed by atoms with Gasteiger partial charge >= 0.3 is 5.97 Å². The van der Waals surface area contributed by atoms with Gasteiger partial charge in [0, 0.05) is 18.7 Å². The van der Waals surface area contributed by atoms with Gasteiger partial charge in [0.25, 0.3) is 0 Å². The van der Waals surface area contributed by atoms with Crippen molar-refractivity contribution >= 4 is 18.2 Å². The van der Waals surface area contributed by atoms with Crippen LogP contribution in [0.3, 0.4) is 0 Å². The van der Waals surface area contributed by atoms with E-state index in [-0.39, 0.29) is 17.6 Å². The molecule has 2 rings (SSSR count). The molecule has 3 atom stereocenters. The van der Waals surface area contributed by atoms with Gasteiger partial charge in [-0.2, -0.15) is 0 Å². The molecule has 8 nitrogen and oxygen atoms in total. The Morgan fingerprint density at radius 3 is 2.95 bits per heavy atom. The zero-order valence-electron chi connectivity index (χ0n) is 11.1. The third-order valence-corrected chi connectivity index (χ3v) is 3.62. The Morgan fingerprint density at radius 2 is 2.40 bits per heavy atom. The van der Waals surface area contributed by atoms with Crippen LogP contribution in [0.1, 0.15) is 13.3 Å². The summed E-state index contributed by atoms with van der Waals surface area (Å²) in [6.45, 7) is 2.40. The molecule has 0 radical (unpaired) electrons. The number of rotatable bonds is 6. The van der Waals surface area contributed by atoms with Crippen LogP contribution in [-0.2, 0) is 9.59 Å². The topological polar surface area (TPSA) is 128 Å². The molecule has 0 aromatic carbocycles. The quantitative estimate of drug-likeness (QED) is 0.202. The first kappa shape index (κ1) is 14.3. The summed E-state index contributed by atoms with van der Waals surface area (Å²) in [7, 11) is 0. The van der Waals surface area contributed by atoms with E-state index in [1.807, 2.05) is 0 Å². The summed E-state index contributed by atoms with van der Waals surface area (Å²) < 4.78 is 0. The minimum absolute atomic E-state index is 0.0198. The van der Waals surface area contributed by atoms with Gasteiger partial charge < -0.3 is 21.3 Å². The average Bonchev–Trinajstić information content (AvgIpc) is 2.69. The van der Waals surface area contributed by atoms with Crippen molar-refractivity contribution in [2.75, 3.05) is 13.1 Å². The number of aliphatic hydroxyl groups excluding tert-OH is 1. The summed E-state index contributed by atoms with van der Waals surface area (Å²) in [6.07, 6.45) is 0.818. The molecule has 2 aliphatic rings. The standard InChI is InChI=1S/C12H18N4O4/c1-6(17)9-8-4-7(15-3-2-14-5-13)10(12(19)20)16(8)11(9)18/h5-6,8-9,15,17H,2-4H2,1H3,(H2,13,14)(H,19,20)/t6-,8-,9+/m1/s1. The van der Waals surface area contributed by atoms with Crippen molar-refractivity contribution in [1.29, 1.82) is 0 Å². The molecule has 0 saturated carbocycles. The number of nitrogens with one attached hydrogen (secondary N) is 1. The smallest absolute Gasteiger partial charge is 0.354 e. The van der Waals surface area contributed by atoms with E-state index in [9.17, 15) is 19.8 Å². The van der Waals surface area contributed by atoms with Crippen LogP contribution >= 0.6 is 0 Å². The first-order valence-corrected chi connectivity index (χ1v) is 6.40. The third-order valence-electron chi connectivity index (χ3n) is 3.62. The fourth-order valence-electron chi connectivity index (χ4n) is 2.77. The molecule has 2 aliphatic heterocycles. The van der Waals surface area contributed by atoms with Crippen molar-refractivity contribution in [1.82, 2.24) is 10.2 Å².